The molecule has 42 heavy (non-hydrogen) atoms. The second-order valence-corrected chi connectivity index (χ2v) is 11.3. The van der Waals surface area contributed by atoms with Gasteiger partial charge in [-0.3, -0.25) is 9.59 Å². The van der Waals surface area contributed by atoms with Crippen LogP contribution in [-0.2, 0) is 24.7 Å². The Kier molecular flexibility index (Phi) is 16.8. The lowest BCUT2D eigenvalue weighted by molar-refractivity contribution is -0.155. The van der Waals surface area contributed by atoms with Crippen LogP contribution in [0.25, 0.3) is 0 Å². The van der Waals surface area contributed by atoms with Crippen molar-refractivity contribution in [1.82, 2.24) is 0 Å². The normalized spacial score (nSPS) is 18.0. The van der Waals surface area contributed by atoms with Crippen molar-refractivity contribution in [2.45, 2.75) is 129 Å². The van der Waals surface area contributed by atoms with Gasteiger partial charge in [-0.15, -0.1) is 0 Å². The van der Waals surface area contributed by atoms with E-state index < -0.39 is 35.3 Å². The van der Waals surface area contributed by atoms with E-state index in [0.29, 0.717) is 6.42 Å². The summed E-state index contributed by atoms with van der Waals surface area (Å²) in [4.78, 5) is 37.6. The van der Waals surface area contributed by atoms with Gasteiger partial charge in [-0.1, -0.05) is 128 Å². The Morgan fingerprint density at radius 2 is 1.36 bits per heavy atom. The molecule has 0 radical (unpaired) electrons. The molecule has 0 saturated heterocycles. The molecule has 6 nitrogen and oxygen atoms in total. The van der Waals surface area contributed by atoms with Gasteiger partial charge in [0.15, 0.2) is 0 Å². The quantitative estimate of drug-likeness (QED) is 0.0827. The van der Waals surface area contributed by atoms with E-state index >= 15 is 4.39 Å². The van der Waals surface area contributed by atoms with Crippen LogP contribution >= 0.6 is 0 Å². The first-order valence-electron chi connectivity index (χ1n) is 16.1. The van der Waals surface area contributed by atoms with Gasteiger partial charge < -0.3 is 14.6 Å². The molecule has 1 aliphatic rings. The molecule has 0 spiro atoms. The first-order valence-corrected chi connectivity index (χ1v) is 16.1. The van der Waals surface area contributed by atoms with Gasteiger partial charge in [0.1, 0.15) is 5.83 Å². The summed E-state index contributed by atoms with van der Waals surface area (Å²) in [5, 5.41) is 9.42. The molecule has 1 aromatic carbocycles. The van der Waals surface area contributed by atoms with Gasteiger partial charge in [0.05, 0.1) is 18.1 Å². The molecule has 0 bridgehead atoms. The molecular formula is C35H51FO6. The van der Waals surface area contributed by atoms with E-state index in [4.69, 9.17) is 9.47 Å². The first-order chi connectivity index (χ1) is 20.4. The van der Waals surface area contributed by atoms with Crippen LogP contribution in [0, 0.1) is 5.92 Å². The fraction of sp³-hybridized carbons (Fsp3) is 0.629. The average Bonchev–Trinajstić information content (AvgIpc) is 2.98. The number of esters is 2. The first kappa shape index (κ1) is 35.2. The summed E-state index contributed by atoms with van der Waals surface area (Å²) < 4.78 is 27.1. The molecular weight excluding hydrogens is 535 g/mol. The maximum absolute atomic E-state index is 15.8. The monoisotopic (exact) mass is 586 g/mol. The minimum atomic E-state index is -2.03. The van der Waals surface area contributed by atoms with Crippen LogP contribution in [0.3, 0.4) is 0 Å². The molecule has 0 heterocycles. The fourth-order valence-corrected chi connectivity index (χ4v) is 5.26. The highest BCUT2D eigenvalue weighted by molar-refractivity contribution is 5.92. The van der Waals surface area contributed by atoms with E-state index in [1.807, 2.05) is 0 Å². The minimum absolute atomic E-state index is 0.0825. The molecule has 0 saturated carbocycles. The molecule has 0 aromatic heterocycles. The second kappa shape index (κ2) is 20.0. The molecule has 0 amide bonds. The van der Waals surface area contributed by atoms with Crippen LogP contribution < -0.4 is 0 Å². The number of carboxylic acid groups (broad SMARTS) is 1. The number of unbranched alkanes of at least 4 members (excludes halogenated alkanes) is 14. The molecule has 1 aromatic rings. The zero-order chi connectivity index (χ0) is 30.6. The van der Waals surface area contributed by atoms with Crippen LogP contribution in [0.1, 0.15) is 139 Å². The summed E-state index contributed by atoms with van der Waals surface area (Å²) in [6.07, 6.45) is 20.9. The maximum Gasteiger partial charge on any atom is 0.338 e. The van der Waals surface area contributed by atoms with Crippen molar-refractivity contribution < 1.29 is 33.4 Å². The smallest absolute Gasteiger partial charge is 0.338 e. The van der Waals surface area contributed by atoms with Crippen LogP contribution in [-0.4, -0.2) is 29.6 Å². The summed E-state index contributed by atoms with van der Waals surface area (Å²) in [7, 11) is 0. The highest BCUT2D eigenvalue weighted by Gasteiger charge is 2.44. The van der Waals surface area contributed by atoms with Crippen molar-refractivity contribution in [2.24, 2.45) is 5.92 Å². The zero-order valence-electron chi connectivity index (χ0n) is 25.7. The number of aliphatic carboxylic acids is 1. The summed E-state index contributed by atoms with van der Waals surface area (Å²) in [6, 6.07) is 6.31. The molecule has 1 aliphatic carbocycles. The lowest BCUT2D eigenvalue weighted by Gasteiger charge is -2.33. The largest absolute Gasteiger partial charge is 0.481 e. The standard InChI is InChI=1S/C35H51FO6/c1-3-5-7-9-11-12-14-16-20-26-41-34(40)29-21-18-19-22-30(29)35(25-24-28(33(38)39)27-31(35)36)42-32(37)23-17-15-13-10-8-6-4-2/h18-19,21-22,24-25,27-28H,3-17,20,23,26H2,1-2H3,(H,38,39). The van der Waals surface area contributed by atoms with Crippen molar-refractivity contribution >= 4 is 17.9 Å². The van der Waals surface area contributed by atoms with Gasteiger partial charge in [0, 0.05) is 12.0 Å². The average molecular weight is 587 g/mol. The fourth-order valence-electron chi connectivity index (χ4n) is 5.26. The van der Waals surface area contributed by atoms with Crippen LogP contribution in [0.15, 0.2) is 48.3 Å². The third-order valence-electron chi connectivity index (χ3n) is 7.79. The SMILES string of the molecule is CCCCCCCCCCCOC(=O)c1ccccc1C1(OC(=O)CCCCCCCCC)C=CC(C(=O)O)C=C1F. The summed E-state index contributed by atoms with van der Waals surface area (Å²) in [6.45, 7) is 4.61. The molecule has 0 fully saturated rings. The zero-order valence-corrected chi connectivity index (χ0v) is 25.7. The Labute approximate surface area is 251 Å². The Bertz CT molecular complexity index is 1030. The van der Waals surface area contributed by atoms with Crippen molar-refractivity contribution in [1.29, 1.82) is 0 Å². The van der Waals surface area contributed by atoms with E-state index in [2.05, 4.69) is 13.8 Å². The molecule has 2 unspecified atom stereocenters. The maximum atomic E-state index is 15.8. The van der Waals surface area contributed by atoms with Crippen molar-refractivity contribution in [3.05, 3.63) is 59.4 Å². The number of carbonyl (C=O) groups excluding carboxylic acids is 2. The number of hydrogen-bond donors (Lipinski definition) is 1. The molecule has 1 N–H and O–H groups in total. The number of rotatable bonds is 22. The molecule has 0 aliphatic heterocycles. The third-order valence-corrected chi connectivity index (χ3v) is 7.79. The van der Waals surface area contributed by atoms with Crippen LogP contribution in [0.5, 0.6) is 0 Å². The topological polar surface area (TPSA) is 89.9 Å². The highest BCUT2D eigenvalue weighted by atomic mass is 19.1. The van der Waals surface area contributed by atoms with Gasteiger partial charge in [-0.25, -0.2) is 9.18 Å². The Morgan fingerprint density at radius 3 is 1.93 bits per heavy atom. The van der Waals surface area contributed by atoms with Gasteiger partial charge in [0.2, 0.25) is 5.60 Å². The van der Waals surface area contributed by atoms with Gasteiger partial charge in [-0.2, -0.15) is 0 Å². The lowest BCUT2D eigenvalue weighted by atomic mass is 9.82. The third kappa shape index (κ3) is 11.7. The Balaban J connectivity index is 2.06. The van der Waals surface area contributed by atoms with E-state index in [0.717, 1.165) is 51.0 Å². The molecule has 2 rings (SSSR count). The van der Waals surface area contributed by atoms with E-state index in [9.17, 15) is 19.5 Å². The highest BCUT2D eigenvalue weighted by Crippen LogP contribution is 2.42. The van der Waals surface area contributed by atoms with Crippen LogP contribution in [0.2, 0.25) is 0 Å². The second-order valence-electron chi connectivity index (χ2n) is 11.3. The van der Waals surface area contributed by atoms with Crippen molar-refractivity contribution in [3.8, 4) is 0 Å². The predicted octanol–water partition coefficient (Wildman–Crippen LogP) is 9.38. The van der Waals surface area contributed by atoms with Crippen LogP contribution in [0.4, 0.5) is 4.39 Å². The number of halogens is 1. The molecule has 7 heteroatoms. The number of ether oxygens (including phenoxy) is 2. The van der Waals surface area contributed by atoms with Gasteiger partial charge in [0.25, 0.3) is 0 Å². The predicted molar refractivity (Wildman–Crippen MR) is 164 cm³/mol. The molecule has 234 valence electrons. The number of benzene rings is 1. The van der Waals surface area contributed by atoms with E-state index in [-0.39, 0.29) is 24.2 Å². The Morgan fingerprint density at radius 1 is 0.810 bits per heavy atom. The molecule has 2 atom stereocenters. The summed E-state index contributed by atoms with van der Waals surface area (Å²) in [5.41, 5.74) is -1.83. The van der Waals surface area contributed by atoms with E-state index in [1.54, 1.807) is 12.1 Å². The van der Waals surface area contributed by atoms with Crippen molar-refractivity contribution in [2.75, 3.05) is 6.61 Å². The number of carboxylic acids is 1. The summed E-state index contributed by atoms with van der Waals surface area (Å²) in [5.74, 6) is -4.61. The van der Waals surface area contributed by atoms with Crippen molar-refractivity contribution in [3.63, 3.8) is 0 Å². The number of carbonyl (C=O) groups is 3. The Hall–Kier alpha value is -2.96. The van der Waals surface area contributed by atoms with Gasteiger partial charge >= 0.3 is 17.9 Å². The van der Waals surface area contributed by atoms with E-state index in [1.165, 1.54) is 75.7 Å². The lowest BCUT2D eigenvalue weighted by Crippen LogP contribution is -2.36. The summed E-state index contributed by atoms with van der Waals surface area (Å²) >= 11 is 0. The van der Waals surface area contributed by atoms with Gasteiger partial charge in [-0.05, 0) is 31.1 Å². The number of hydrogen-bond acceptors (Lipinski definition) is 5. The minimum Gasteiger partial charge on any atom is -0.481 e.